The minimum Gasteiger partial charge on any atom is -0.493 e. The first-order chi connectivity index (χ1) is 16.0. The van der Waals surface area contributed by atoms with E-state index in [1.807, 2.05) is 6.92 Å². The summed E-state index contributed by atoms with van der Waals surface area (Å²) < 4.78 is 73.9. The zero-order valence-electron chi connectivity index (χ0n) is 17.9. The number of methoxy groups -OCH3 is 1. The van der Waals surface area contributed by atoms with E-state index in [0.717, 1.165) is 22.5 Å². The Kier molecular flexibility index (Phi) is 7.25. The second-order valence-corrected chi connectivity index (χ2v) is 8.50. The quantitative estimate of drug-likeness (QED) is 0.291. The van der Waals surface area contributed by atoms with Crippen molar-refractivity contribution in [2.45, 2.75) is 24.5 Å². The highest BCUT2D eigenvalue weighted by atomic mass is 32.2. The SMILES string of the molecule is COc1cc(C=NNC(=O)Cn2ccc(C(F)(F)F)n2)ccc1OS(=O)(=O)c1ccc(C)cc1. The summed E-state index contributed by atoms with van der Waals surface area (Å²) in [7, 11) is -2.77. The molecule has 1 aromatic heterocycles. The van der Waals surface area contributed by atoms with Gasteiger partial charge in [-0.05, 0) is 48.9 Å². The van der Waals surface area contributed by atoms with Crippen molar-refractivity contribution in [1.29, 1.82) is 0 Å². The van der Waals surface area contributed by atoms with Crippen LogP contribution in [0.4, 0.5) is 13.2 Å². The maximum absolute atomic E-state index is 12.6. The fourth-order valence-electron chi connectivity index (χ4n) is 2.67. The second kappa shape index (κ2) is 9.95. The van der Waals surface area contributed by atoms with E-state index < -0.39 is 34.4 Å². The lowest BCUT2D eigenvalue weighted by atomic mass is 10.2. The Morgan fingerprint density at radius 1 is 1.15 bits per heavy atom. The first-order valence-corrected chi connectivity index (χ1v) is 11.0. The summed E-state index contributed by atoms with van der Waals surface area (Å²) in [4.78, 5) is 11.9. The molecule has 0 spiro atoms. The number of nitrogens with one attached hydrogen (secondary N) is 1. The van der Waals surface area contributed by atoms with Gasteiger partial charge in [0.1, 0.15) is 11.4 Å². The van der Waals surface area contributed by atoms with Crippen molar-refractivity contribution in [3.8, 4) is 11.5 Å². The average Bonchev–Trinajstić information content (AvgIpc) is 3.24. The topological polar surface area (TPSA) is 112 Å². The van der Waals surface area contributed by atoms with Crippen LogP contribution in [0.3, 0.4) is 0 Å². The van der Waals surface area contributed by atoms with Crippen LogP contribution in [0.5, 0.6) is 11.5 Å². The number of carbonyl (C=O) groups excluding carboxylic acids is 1. The molecule has 0 fully saturated rings. The number of halogens is 3. The molecular formula is C21H19F3N4O5S. The van der Waals surface area contributed by atoms with E-state index in [2.05, 4.69) is 15.6 Å². The van der Waals surface area contributed by atoms with Gasteiger partial charge in [-0.25, -0.2) is 5.43 Å². The lowest BCUT2D eigenvalue weighted by molar-refractivity contribution is -0.141. The van der Waals surface area contributed by atoms with E-state index in [9.17, 15) is 26.4 Å². The van der Waals surface area contributed by atoms with Gasteiger partial charge in [0.25, 0.3) is 5.91 Å². The van der Waals surface area contributed by atoms with Crippen LogP contribution in [-0.4, -0.2) is 37.4 Å². The van der Waals surface area contributed by atoms with Gasteiger partial charge in [-0.15, -0.1) is 0 Å². The predicted octanol–water partition coefficient (Wildman–Crippen LogP) is 3.14. The zero-order valence-corrected chi connectivity index (χ0v) is 18.7. The number of ether oxygens (including phenoxy) is 1. The number of hydrogen-bond donors (Lipinski definition) is 1. The summed E-state index contributed by atoms with van der Waals surface area (Å²) in [5.74, 6) is -0.658. The molecule has 0 saturated heterocycles. The summed E-state index contributed by atoms with van der Waals surface area (Å²) in [6, 6.07) is 11.1. The number of amides is 1. The van der Waals surface area contributed by atoms with Crippen molar-refractivity contribution in [2.24, 2.45) is 5.10 Å². The standard InChI is InChI=1S/C21H19F3N4O5S/c1-14-3-6-16(7-4-14)34(30,31)33-17-8-5-15(11-18(17)32-2)12-25-26-20(29)13-28-10-9-19(27-28)21(22,23)24/h3-12H,13H2,1-2H3,(H,26,29). The minimum absolute atomic E-state index is 0.0203. The van der Waals surface area contributed by atoms with Crippen LogP contribution in [0.25, 0.3) is 0 Å². The van der Waals surface area contributed by atoms with E-state index in [0.29, 0.717) is 5.56 Å². The van der Waals surface area contributed by atoms with Crippen LogP contribution in [0.15, 0.2) is 64.7 Å². The van der Waals surface area contributed by atoms with Gasteiger partial charge < -0.3 is 8.92 Å². The number of benzene rings is 2. The van der Waals surface area contributed by atoms with Crippen LogP contribution < -0.4 is 14.3 Å². The van der Waals surface area contributed by atoms with Crippen molar-refractivity contribution in [1.82, 2.24) is 15.2 Å². The van der Waals surface area contributed by atoms with Gasteiger partial charge in [-0.3, -0.25) is 9.48 Å². The lowest BCUT2D eigenvalue weighted by Crippen LogP contribution is -2.23. The van der Waals surface area contributed by atoms with E-state index in [1.54, 1.807) is 12.1 Å². The molecule has 0 saturated carbocycles. The molecule has 0 aliphatic heterocycles. The smallest absolute Gasteiger partial charge is 0.435 e. The van der Waals surface area contributed by atoms with Crippen molar-refractivity contribution < 1.29 is 35.3 Å². The van der Waals surface area contributed by atoms with Gasteiger partial charge in [-0.1, -0.05) is 17.7 Å². The molecule has 3 aromatic rings. The fraction of sp³-hybridized carbons (Fsp3) is 0.190. The summed E-state index contributed by atoms with van der Waals surface area (Å²) in [6.45, 7) is 1.35. The third kappa shape index (κ3) is 6.34. The van der Waals surface area contributed by atoms with E-state index in [-0.39, 0.29) is 16.4 Å². The number of carbonyl (C=O) groups is 1. The molecule has 3 rings (SSSR count). The van der Waals surface area contributed by atoms with E-state index >= 15 is 0 Å². The van der Waals surface area contributed by atoms with Crippen LogP contribution in [-0.2, 0) is 27.6 Å². The van der Waals surface area contributed by atoms with Gasteiger partial charge in [0, 0.05) is 6.20 Å². The number of hydrazone groups is 1. The van der Waals surface area contributed by atoms with Gasteiger partial charge in [0.15, 0.2) is 17.2 Å². The van der Waals surface area contributed by atoms with Gasteiger partial charge >= 0.3 is 16.3 Å². The first kappa shape index (κ1) is 24.8. The summed E-state index contributed by atoms with van der Waals surface area (Å²) >= 11 is 0. The Labute approximate surface area is 192 Å². The molecule has 0 aliphatic rings. The Morgan fingerprint density at radius 3 is 2.47 bits per heavy atom. The summed E-state index contributed by atoms with van der Waals surface area (Å²) in [5.41, 5.74) is 2.37. The van der Waals surface area contributed by atoms with Crippen LogP contribution >= 0.6 is 0 Å². The Morgan fingerprint density at radius 2 is 1.85 bits per heavy atom. The monoisotopic (exact) mass is 496 g/mol. The van der Waals surface area contributed by atoms with Crippen molar-refractivity contribution in [3.05, 3.63) is 71.5 Å². The Balaban J connectivity index is 1.64. The maximum Gasteiger partial charge on any atom is 0.435 e. The van der Waals surface area contributed by atoms with E-state index in [1.165, 1.54) is 43.7 Å². The molecule has 180 valence electrons. The molecule has 9 nitrogen and oxygen atoms in total. The molecule has 0 bridgehead atoms. The van der Waals surface area contributed by atoms with Crippen molar-refractivity contribution >= 4 is 22.2 Å². The highest BCUT2D eigenvalue weighted by molar-refractivity contribution is 7.87. The molecule has 0 unspecified atom stereocenters. The third-order valence-electron chi connectivity index (χ3n) is 4.34. The van der Waals surface area contributed by atoms with Crippen LogP contribution in [0.1, 0.15) is 16.8 Å². The molecule has 13 heteroatoms. The molecule has 1 heterocycles. The molecule has 0 atom stereocenters. The third-order valence-corrected chi connectivity index (χ3v) is 5.58. The summed E-state index contributed by atoms with van der Waals surface area (Å²) in [6.07, 6.45) is -2.34. The number of alkyl halides is 3. The number of aryl methyl sites for hydroxylation is 1. The lowest BCUT2D eigenvalue weighted by Gasteiger charge is -2.11. The highest BCUT2D eigenvalue weighted by Gasteiger charge is 2.33. The van der Waals surface area contributed by atoms with Gasteiger partial charge in [0.05, 0.1) is 13.3 Å². The minimum atomic E-state index is -4.60. The van der Waals surface area contributed by atoms with Crippen molar-refractivity contribution in [3.63, 3.8) is 0 Å². The molecule has 1 N–H and O–H groups in total. The first-order valence-electron chi connectivity index (χ1n) is 9.60. The molecular weight excluding hydrogens is 477 g/mol. The number of aromatic nitrogens is 2. The molecule has 0 radical (unpaired) electrons. The summed E-state index contributed by atoms with van der Waals surface area (Å²) in [5, 5.41) is 7.00. The van der Waals surface area contributed by atoms with Crippen molar-refractivity contribution in [2.75, 3.05) is 7.11 Å². The normalized spacial score (nSPS) is 12.0. The predicted molar refractivity (Wildman–Crippen MR) is 115 cm³/mol. The Hall–Kier alpha value is -3.87. The second-order valence-electron chi connectivity index (χ2n) is 6.95. The van der Waals surface area contributed by atoms with Crippen LogP contribution in [0, 0.1) is 6.92 Å². The fourth-order valence-corrected chi connectivity index (χ4v) is 3.61. The Bertz CT molecular complexity index is 1300. The number of hydrogen-bond acceptors (Lipinski definition) is 7. The molecule has 1 amide bonds. The largest absolute Gasteiger partial charge is 0.493 e. The van der Waals surface area contributed by atoms with Gasteiger partial charge in [-0.2, -0.15) is 31.8 Å². The molecule has 2 aromatic carbocycles. The number of rotatable bonds is 8. The molecule has 34 heavy (non-hydrogen) atoms. The zero-order chi connectivity index (χ0) is 24.9. The van der Waals surface area contributed by atoms with Gasteiger partial charge in [0.2, 0.25) is 0 Å². The maximum atomic E-state index is 12.6. The van der Waals surface area contributed by atoms with E-state index in [4.69, 9.17) is 8.92 Å². The highest BCUT2D eigenvalue weighted by Crippen LogP contribution is 2.30. The number of nitrogens with zero attached hydrogens (tertiary/aromatic N) is 3. The van der Waals surface area contributed by atoms with Crippen LogP contribution in [0.2, 0.25) is 0 Å². The average molecular weight is 496 g/mol. The molecule has 0 aliphatic carbocycles.